The summed E-state index contributed by atoms with van der Waals surface area (Å²) in [5.41, 5.74) is 1.66. The molecule has 0 amide bonds. The fraction of sp³-hybridized carbons (Fsp3) is 0.250. The molecule has 4 rings (SSSR count). The summed E-state index contributed by atoms with van der Waals surface area (Å²) in [4.78, 5) is 39.8. The van der Waals surface area contributed by atoms with Gasteiger partial charge in [-0.1, -0.05) is 38.1 Å². The van der Waals surface area contributed by atoms with Crippen LogP contribution in [0.15, 0.2) is 48.5 Å². The Morgan fingerprint density at radius 2 is 1.66 bits per heavy atom. The Labute approximate surface area is 184 Å². The van der Waals surface area contributed by atoms with Crippen molar-refractivity contribution in [1.82, 2.24) is 4.57 Å². The number of nitrogens with zero attached hydrogens (tertiary/aromatic N) is 2. The van der Waals surface area contributed by atoms with Crippen LogP contribution in [-0.2, 0) is 13.1 Å². The molecule has 0 saturated heterocycles. The van der Waals surface area contributed by atoms with Crippen molar-refractivity contribution in [2.45, 2.75) is 33.9 Å². The van der Waals surface area contributed by atoms with E-state index in [1.165, 1.54) is 24.3 Å². The summed E-state index contributed by atoms with van der Waals surface area (Å²) in [6.07, 6.45) is 0. The van der Waals surface area contributed by atoms with Gasteiger partial charge < -0.3 is 5.21 Å². The first kappa shape index (κ1) is 21.8. The number of aromatic nitrogens is 2. The standard InChI is InChI=1S/C24H24N3O5/c1-14(2)12-25-15(3)26(13-20(28)16-8-10-17(11-9-16)27(31)32)22-21(25)23(29)18-6-4-5-7-19(18)24(22)30/h4-11,14,27,31H,12-13H2,1-3H3/q+1. The van der Waals surface area contributed by atoms with Crippen molar-refractivity contribution in [1.29, 1.82) is 0 Å². The van der Waals surface area contributed by atoms with Gasteiger partial charge in [-0.2, -0.15) is 5.23 Å². The van der Waals surface area contributed by atoms with E-state index < -0.39 is 5.23 Å². The number of benzene rings is 2. The second-order valence-corrected chi connectivity index (χ2v) is 8.34. The molecule has 1 heterocycles. The van der Waals surface area contributed by atoms with Crippen LogP contribution in [0.1, 0.15) is 62.1 Å². The Hall–Kier alpha value is -3.46. The third kappa shape index (κ3) is 3.58. The highest BCUT2D eigenvalue weighted by Gasteiger charge is 2.43. The maximum absolute atomic E-state index is 13.4. The minimum atomic E-state index is -1.07. The van der Waals surface area contributed by atoms with Crippen LogP contribution < -0.4 is 9.79 Å². The van der Waals surface area contributed by atoms with E-state index in [-0.39, 0.29) is 41.2 Å². The first-order valence-electron chi connectivity index (χ1n) is 10.4. The smallest absolute Gasteiger partial charge is 0.254 e. The summed E-state index contributed by atoms with van der Waals surface area (Å²) in [5, 5.41) is 19.1. The van der Waals surface area contributed by atoms with Gasteiger partial charge in [0.05, 0.1) is 6.54 Å². The van der Waals surface area contributed by atoms with E-state index in [9.17, 15) is 19.6 Å². The Kier molecular flexibility index (Phi) is 5.60. The maximum atomic E-state index is 13.4. The number of fused-ring (bicyclic) bond motifs is 2. The summed E-state index contributed by atoms with van der Waals surface area (Å²) in [6, 6.07) is 12.4. The Balaban J connectivity index is 1.81. The predicted octanol–water partition coefficient (Wildman–Crippen LogP) is 1.80. The molecular formula is C24H24N3O5+. The number of nitrogens with one attached hydrogen (secondary N) is 1. The molecule has 32 heavy (non-hydrogen) atoms. The van der Waals surface area contributed by atoms with Gasteiger partial charge in [-0.15, -0.1) is 0 Å². The monoisotopic (exact) mass is 434 g/mol. The Bertz CT molecular complexity index is 1240. The van der Waals surface area contributed by atoms with Crippen LogP contribution in [0.5, 0.6) is 0 Å². The van der Waals surface area contributed by atoms with E-state index in [1.54, 1.807) is 35.8 Å². The number of hydrogen-bond donors (Lipinski definition) is 2. The first-order valence-corrected chi connectivity index (χ1v) is 10.4. The quantitative estimate of drug-likeness (QED) is 0.273. The molecule has 0 bridgehead atoms. The van der Waals surface area contributed by atoms with Gasteiger partial charge in [-0.3, -0.25) is 14.4 Å². The van der Waals surface area contributed by atoms with Crippen molar-refractivity contribution in [3.05, 3.63) is 87.6 Å². The van der Waals surface area contributed by atoms with Crippen molar-refractivity contribution in [3.8, 4) is 0 Å². The largest absolute Gasteiger partial charge is 0.595 e. The summed E-state index contributed by atoms with van der Waals surface area (Å²) in [7, 11) is 0. The molecule has 0 aliphatic heterocycles. The normalized spacial score (nSPS) is 13.8. The molecule has 164 valence electrons. The molecule has 2 N–H and O–H groups in total. The number of Topliss-reactive ketones (excluding diaryl/α,β-unsaturated/α-hetero) is 1. The van der Waals surface area contributed by atoms with Crippen LogP contribution >= 0.6 is 0 Å². The molecule has 1 atom stereocenters. The average Bonchev–Trinajstić information content (AvgIpc) is 3.03. The molecule has 0 saturated carbocycles. The lowest BCUT2D eigenvalue weighted by atomic mass is 9.89. The fourth-order valence-electron chi connectivity index (χ4n) is 4.14. The van der Waals surface area contributed by atoms with Gasteiger partial charge in [-0.25, -0.2) is 14.3 Å². The summed E-state index contributed by atoms with van der Waals surface area (Å²) < 4.78 is 3.44. The van der Waals surface area contributed by atoms with E-state index in [2.05, 4.69) is 0 Å². The number of carbonyl (C=O) groups excluding carboxylic acids is 3. The van der Waals surface area contributed by atoms with Crippen molar-refractivity contribution >= 4 is 23.0 Å². The lowest BCUT2D eigenvalue weighted by Gasteiger charge is -2.13. The Morgan fingerprint density at radius 1 is 1.06 bits per heavy atom. The minimum Gasteiger partial charge on any atom is -0.595 e. The van der Waals surface area contributed by atoms with E-state index in [0.29, 0.717) is 34.8 Å². The van der Waals surface area contributed by atoms with Gasteiger partial charge in [-0.05, 0) is 18.1 Å². The maximum Gasteiger partial charge on any atom is 0.254 e. The molecule has 2 aromatic carbocycles. The molecule has 8 heteroatoms. The molecular weight excluding hydrogens is 410 g/mol. The summed E-state index contributed by atoms with van der Waals surface area (Å²) in [5.74, 6) is 0.0798. The number of ketones is 3. The van der Waals surface area contributed by atoms with Crippen molar-refractivity contribution in [2.24, 2.45) is 5.92 Å². The number of rotatable bonds is 6. The van der Waals surface area contributed by atoms with Gasteiger partial charge in [0.2, 0.25) is 28.7 Å². The molecule has 1 aromatic heterocycles. The Morgan fingerprint density at radius 3 is 2.22 bits per heavy atom. The molecule has 8 nitrogen and oxygen atoms in total. The molecule has 0 radical (unpaired) electrons. The SMILES string of the molecule is Cc1n(CC(C)C)c2c([n+]1CC(=O)c1ccc([NH+]([O-])O)cc1)C(=O)c1ccccc1C2=O. The zero-order valence-corrected chi connectivity index (χ0v) is 18.1. The second kappa shape index (κ2) is 8.23. The van der Waals surface area contributed by atoms with E-state index in [0.717, 1.165) is 0 Å². The van der Waals surface area contributed by atoms with Crippen molar-refractivity contribution in [2.75, 3.05) is 0 Å². The van der Waals surface area contributed by atoms with E-state index in [1.807, 2.05) is 18.4 Å². The van der Waals surface area contributed by atoms with Crippen molar-refractivity contribution in [3.63, 3.8) is 0 Å². The number of carbonyl (C=O) groups is 3. The van der Waals surface area contributed by atoms with Crippen LogP contribution in [0.25, 0.3) is 0 Å². The van der Waals surface area contributed by atoms with Crippen LogP contribution in [0.2, 0.25) is 0 Å². The highest BCUT2D eigenvalue weighted by atomic mass is 16.8. The molecule has 1 unspecified atom stereocenters. The van der Waals surface area contributed by atoms with E-state index in [4.69, 9.17) is 5.21 Å². The molecule has 0 fully saturated rings. The number of imidazole rings is 1. The highest BCUT2D eigenvalue weighted by Crippen LogP contribution is 2.27. The molecule has 3 aromatic rings. The van der Waals surface area contributed by atoms with Gasteiger partial charge in [0, 0.05) is 35.7 Å². The van der Waals surface area contributed by atoms with E-state index >= 15 is 0 Å². The van der Waals surface area contributed by atoms with Gasteiger partial charge in [0.15, 0.2) is 12.2 Å². The number of quaternary nitrogens is 1. The summed E-state index contributed by atoms with van der Waals surface area (Å²) in [6.45, 7) is 6.24. The summed E-state index contributed by atoms with van der Waals surface area (Å²) >= 11 is 0. The third-order valence-corrected chi connectivity index (χ3v) is 5.70. The highest BCUT2D eigenvalue weighted by molar-refractivity contribution is 6.26. The van der Waals surface area contributed by atoms with Crippen LogP contribution in [0.4, 0.5) is 5.69 Å². The second-order valence-electron chi connectivity index (χ2n) is 8.34. The molecule has 1 aliphatic carbocycles. The first-order chi connectivity index (χ1) is 15.2. The van der Waals surface area contributed by atoms with Crippen LogP contribution in [0, 0.1) is 18.0 Å². The zero-order valence-electron chi connectivity index (χ0n) is 18.1. The lowest BCUT2D eigenvalue weighted by molar-refractivity contribution is -0.991. The minimum absolute atomic E-state index is 0.0863. The lowest BCUT2D eigenvalue weighted by Crippen LogP contribution is -2.99. The zero-order chi connectivity index (χ0) is 23.2. The van der Waals surface area contributed by atoms with Gasteiger partial charge in [0.1, 0.15) is 0 Å². The molecule has 0 spiro atoms. The third-order valence-electron chi connectivity index (χ3n) is 5.70. The molecule has 1 aliphatic rings. The average molecular weight is 434 g/mol. The van der Waals surface area contributed by atoms with Crippen molar-refractivity contribution < 1.29 is 29.4 Å². The van der Waals surface area contributed by atoms with Crippen LogP contribution in [-0.4, -0.2) is 27.1 Å². The number of hydrogen-bond acceptors (Lipinski definition) is 5. The topological polar surface area (TPSA) is 108 Å². The fourth-order valence-corrected chi connectivity index (χ4v) is 4.14. The van der Waals surface area contributed by atoms with Crippen LogP contribution in [0.3, 0.4) is 0 Å². The van der Waals surface area contributed by atoms with Gasteiger partial charge >= 0.3 is 0 Å². The van der Waals surface area contributed by atoms with Gasteiger partial charge in [0.25, 0.3) is 5.82 Å². The predicted molar refractivity (Wildman–Crippen MR) is 114 cm³/mol.